The van der Waals surface area contributed by atoms with Crippen LogP contribution in [0, 0.1) is 17.3 Å². The van der Waals surface area contributed by atoms with E-state index in [0.717, 1.165) is 16.8 Å². The van der Waals surface area contributed by atoms with E-state index >= 15 is 0 Å². The fourth-order valence-electron chi connectivity index (χ4n) is 2.15. The van der Waals surface area contributed by atoms with Crippen LogP contribution in [-0.2, 0) is 0 Å². The number of aliphatic hydroxyl groups excluding tert-OH is 1. The van der Waals surface area contributed by atoms with E-state index in [2.05, 4.69) is 54.7 Å². The van der Waals surface area contributed by atoms with Crippen LogP contribution in [0.4, 0.5) is 0 Å². The summed E-state index contributed by atoms with van der Waals surface area (Å²) in [7, 11) is 0. The van der Waals surface area contributed by atoms with Crippen LogP contribution in [0.3, 0.4) is 0 Å². The molecule has 0 fully saturated rings. The van der Waals surface area contributed by atoms with Crippen molar-refractivity contribution in [2.45, 2.75) is 33.1 Å². The molecule has 1 aromatic carbocycles. The summed E-state index contributed by atoms with van der Waals surface area (Å²) in [6.45, 7) is 6.45. The number of aliphatic hydroxyl groups is 1. The molecule has 1 aromatic heterocycles. The van der Waals surface area contributed by atoms with E-state index in [0.29, 0.717) is 6.42 Å². The molecule has 0 aliphatic carbocycles. The Bertz CT molecular complexity index is 610. The van der Waals surface area contributed by atoms with Crippen LogP contribution in [-0.4, -0.2) is 21.7 Å². The van der Waals surface area contributed by atoms with Crippen molar-refractivity contribution >= 4 is 0 Å². The lowest BCUT2D eigenvalue weighted by atomic mass is 9.92. The first-order valence-corrected chi connectivity index (χ1v) is 7.22. The van der Waals surface area contributed by atoms with Gasteiger partial charge in [0.2, 0.25) is 0 Å². The number of imidazole rings is 1. The Morgan fingerprint density at radius 2 is 1.95 bits per heavy atom. The Morgan fingerprint density at radius 1 is 1.24 bits per heavy atom. The average molecular weight is 282 g/mol. The molecule has 0 bridgehead atoms. The van der Waals surface area contributed by atoms with E-state index in [1.807, 2.05) is 18.3 Å². The van der Waals surface area contributed by atoms with Crippen molar-refractivity contribution in [2.24, 2.45) is 5.41 Å². The van der Waals surface area contributed by atoms with Crippen LogP contribution < -0.4 is 0 Å². The third-order valence-corrected chi connectivity index (χ3v) is 3.21. The summed E-state index contributed by atoms with van der Waals surface area (Å²) in [5.41, 5.74) is 3.21. The van der Waals surface area contributed by atoms with Crippen LogP contribution in [0.25, 0.3) is 0 Å². The van der Waals surface area contributed by atoms with Gasteiger partial charge < -0.3 is 10.1 Å². The standard InChI is InChI=1S/C18H22N2O/c1-18(2,3)10-8-14-4-6-15(7-5-14)16(9-11-21)17-12-19-13-20-17/h4-7,12-13,16,21H,9,11H2,1-3H3,(H,19,20). The quantitative estimate of drug-likeness (QED) is 0.845. The molecule has 1 heterocycles. The summed E-state index contributed by atoms with van der Waals surface area (Å²) in [5, 5.41) is 9.27. The van der Waals surface area contributed by atoms with Crippen molar-refractivity contribution in [3.63, 3.8) is 0 Å². The third-order valence-electron chi connectivity index (χ3n) is 3.21. The predicted octanol–water partition coefficient (Wildman–Crippen LogP) is 3.32. The minimum atomic E-state index is 0.00795. The highest BCUT2D eigenvalue weighted by Crippen LogP contribution is 2.26. The Balaban J connectivity index is 2.22. The van der Waals surface area contributed by atoms with Gasteiger partial charge in [0.25, 0.3) is 0 Å². The van der Waals surface area contributed by atoms with Gasteiger partial charge in [0.1, 0.15) is 0 Å². The first-order valence-electron chi connectivity index (χ1n) is 7.22. The molecule has 21 heavy (non-hydrogen) atoms. The normalized spacial score (nSPS) is 12.6. The SMILES string of the molecule is CC(C)(C)C#Cc1ccc(C(CCO)c2cnc[nH]2)cc1. The monoisotopic (exact) mass is 282 g/mol. The average Bonchev–Trinajstić information content (AvgIpc) is 2.96. The van der Waals surface area contributed by atoms with Crippen LogP contribution in [0.2, 0.25) is 0 Å². The fraction of sp³-hybridized carbons (Fsp3) is 0.389. The molecule has 0 aliphatic rings. The van der Waals surface area contributed by atoms with Gasteiger partial charge in [-0.15, -0.1) is 0 Å². The molecule has 0 radical (unpaired) electrons. The highest BCUT2D eigenvalue weighted by molar-refractivity contribution is 5.39. The fourth-order valence-corrected chi connectivity index (χ4v) is 2.15. The van der Waals surface area contributed by atoms with Crippen LogP contribution in [0.15, 0.2) is 36.8 Å². The minimum Gasteiger partial charge on any atom is -0.396 e. The summed E-state index contributed by atoms with van der Waals surface area (Å²) >= 11 is 0. The number of rotatable bonds is 4. The molecular weight excluding hydrogens is 260 g/mol. The van der Waals surface area contributed by atoms with Gasteiger partial charge in [0.05, 0.1) is 6.33 Å². The maximum Gasteiger partial charge on any atom is 0.0921 e. The molecule has 0 saturated carbocycles. The molecule has 0 aliphatic heterocycles. The zero-order valence-electron chi connectivity index (χ0n) is 12.9. The van der Waals surface area contributed by atoms with Gasteiger partial charge >= 0.3 is 0 Å². The van der Waals surface area contributed by atoms with Crippen molar-refractivity contribution in [3.8, 4) is 11.8 Å². The number of hydrogen-bond donors (Lipinski definition) is 2. The smallest absolute Gasteiger partial charge is 0.0921 e. The minimum absolute atomic E-state index is 0.00795. The third kappa shape index (κ3) is 4.47. The van der Waals surface area contributed by atoms with Crippen molar-refractivity contribution < 1.29 is 5.11 Å². The second-order valence-electron chi connectivity index (χ2n) is 6.19. The maximum absolute atomic E-state index is 9.27. The highest BCUT2D eigenvalue weighted by atomic mass is 16.3. The number of aromatic nitrogens is 2. The molecule has 2 aromatic rings. The van der Waals surface area contributed by atoms with Crippen molar-refractivity contribution in [3.05, 3.63) is 53.6 Å². The van der Waals surface area contributed by atoms with E-state index in [1.165, 1.54) is 0 Å². The molecule has 2 rings (SSSR count). The number of hydrogen-bond acceptors (Lipinski definition) is 2. The van der Waals surface area contributed by atoms with Crippen molar-refractivity contribution in [1.82, 2.24) is 9.97 Å². The van der Waals surface area contributed by atoms with E-state index in [4.69, 9.17) is 0 Å². The van der Waals surface area contributed by atoms with Crippen molar-refractivity contribution in [1.29, 1.82) is 0 Å². The van der Waals surface area contributed by atoms with Crippen LogP contribution >= 0.6 is 0 Å². The summed E-state index contributed by atoms with van der Waals surface area (Å²) in [6, 6.07) is 8.23. The molecular formula is C18H22N2O. The predicted molar refractivity (Wildman–Crippen MR) is 84.9 cm³/mol. The second kappa shape index (κ2) is 6.60. The Morgan fingerprint density at radius 3 is 2.48 bits per heavy atom. The molecule has 1 atom stereocenters. The summed E-state index contributed by atoms with van der Waals surface area (Å²) in [4.78, 5) is 7.20. The first kappa shape index (κ1) is 15.3. The molecule has 110 valence electrons. The summed E-state index contributed by atoms with van der Waals surface area (Å²) in [6.07, 6.45) is 4.16. The van der Waals surface area contributed by atoms with E-state index in [-0.39, 0.29) is 17.9 Å². The van der Waals surface area contributed by atoms with E-state index in [9.17, 15) is 5.11 Å². The molecule has 0 saturated heterocycles. The number of aromatic amines is 1. The largest absolute Gasteiger partial charge is 0.396 e. The van der Waals surface area contributed by atoms with Gasteiger partial charge in [0.15, 0.2) is 0 Å². The molecule has 2 N–H and O–H groups in total. The lowest BCUT2D eigenvalue weighted by molar-refractivity contribution is 0.281. The molecule has 3 nitrogen and oxygen atoms in total. The van der Waals surface area contributed by atoms with Gasteiger partial charge in [-0.3, -0.25) is 0 Å². The van der Waals surface area contributed by atoms with Gasteiger partial charge in [-0.05, 0) is 44.9 Å². The second-order valence-corrected chi connectivity index (χ2v) is 6.19. The number of nitrogens with zero attached hydrogens (tertiary/aromatic N) is 1. The number of H-pyrrole nitrogens is 1. The maximum atomic E-state index is 9.27. The topological polar surface area (TPSA) is 48.9 Å². The molecule has 0 spiro atoms. The van der Waals surface area contributed by atoms with Crippen LogP contribution in [0.5, 0.6) is 0 Å². The van der Waals surface area contributed by atoms with Crippen molar-refractivity contribution in [2.75, 3.05) is 6.61 Å². The Kier molecular flexibility index (Phi) is 4.82. The summed E-state index contributed by atoms with van der Waals surface area (Å²) < 4.78 is 0. The van der Waals surface area contributed by atoms with E-state index in [1.54, 1.807) is 6.33 Å². The Hall–Kier alpha value is -2.05. The number of benzene rings is 1. The van der Waals surface area contributed by atoms with Gasteiger partial charge in [-0.25, -0.2) is 4.98 Å². The number of nitrogens with one attached hydrogen (secondary N) is 1. The molecule has 0 amide bonds. The van der Waals surface area contributed by atoms with E-state index < -0.39 is 0 Å². The zero-order valence-corrected chi connectivity index (χ0v) is 12.9. The molecule has 3 heteroatoms. The van der Waals surface area contributed by atoms with Gasteiger partial charge in [-0.1, -0.05) is 24.0 Å². The first-order chi connectivity index (χ1) is 9.99. The summed E-state index contributed by atoms with van der Waals surface area (Å²) in [5.74, 6) is 6.57. The zero-order chi connectivity index (χ0) is 15.3. The van der Waals surface area contributed by atoms with Crippen LogP contribution in [0.1, 0.15) is 49.9 Å². The van der Waals surface area contributed by atoms with Gasteiger partial charge in [0, 0.05) is 35.4 Å². The lowest BCUT2D eigenvalue weighted by Gasteiger charge is -2.14. The Labute approximate surface area is 126 Å². The van der Waals surface area contributed by atoms with Gasteiger partial charge in [-0.2, -0.15) is 0 Å². The highest BCUT2D eigenvalue weighted by Gasteiger charge is 2.14. The lowest BCUT2D eigenvalue weighted by Crippen LogP contribution is -2.04. The molecule has 1 unspecified atom stereocenters.